The molecule has 1 saturated heterocycles. The number of guanidine groups is 1. The zero-order chi connectivity index (χ0) is 18.0. The summed E-state index contributed by atoms with van der Waals surface area (Å²) in [5, 5.41) is 6.90. The highest BCUT2D eigenvalue weighted by molar-refractivity contribution is 14.0. The Bertz CT molecular complexity index is 550. The van der Waals surface area contributed by atoms with Crippen molar-refractivity contribution in [1.29, 1.82) is 0 Å². The van der Waals surface area contributed by atoms with Crippen LogP contribution >= 0.6 is 24.0 Å². The summed E-state index contributed by atoms with van der Waals surface area (Å²) in [6.07, 6.45) is 6.28. The lowest BCUT2D eigenvalue weighted by Gasteiger charge is -2.25. The zero-order valence-electron chi connectivity index (χ0n) is 16.5. The van der Waals surface area contributed by atoms with Gasteiger partial charge in [-0.05, 0) is 50.1 Å². The maximum atomic E-state index is 5.68. The normalized spacial score (nSPS) is 20.3. The maximum absolute atomic E-state index is 5.68. The van der Waals surface area contributed by atoms with Crippen molar-refractivity contribution in [2.24, 2.45) is 10.9 Å². The van der Waals surface area contributed by atoms with E-state index < -0.39 is 0 Å². The minimum Gasteiger partial charge on any atom is -0.381 e. The number of hydrogen-bond acceptors (Lipinski definition) is 3. The Labute approximate surface area is 181 Å². The second-order valence-corrected chi connectivity index (χ2v) is 7.50. The summed E-state index contributed by atoms with van der Waals surface area (Å²) >= 11 is 0. The zero-order valence-corrected chi connectivity index (χ0v) is 18.9. The van der Waals surface area contributed by atoms with Crippen LogP contribution in [0.1, 0.15) is 37.7 Å². The summed E-state index contributed by atoms with van der Waals surface area (Å²) in [6, 6.07) is 11.3. The van der Waals surface area contributed by atoms with Crippen LogP contribution in [0.15, 0.2) is 35.3 Å². The van der Waals surface area contributed by atoms with Crippen LogP contribution in [0.25, 0.3) is 0 Å². The Kier molecular flexibility index (Phi) is 10.4. The van der Waals surface area contributed by atoms with Crippen molar-refractivity contribution >= 4 is 29.9 Å². The number of halogens is 1. The molecule has 1 unspecified atom stereocenters. The van der Waals surface area contributed by atoms with Gasteiger partial charge in [-0.2, -0.15) is 0 Å². The van der Waals surface area contributed by atoms with Crippen molar-refractivity contribution in [3.63, 3.8) is 0 Å². The van der Waals surface area contributed by atoms with E-state index in [-0.39, 0.29) is 24.0 Å². The number of nitrogens with one attached hydrogen (secondary N) is 2. The lowest BCUT2D eigenvalue weighted by atomic mass is 10.2. The number of nitrogens with zero attached hydrogens (tertiary/aromatic N) is 2. The number of rotatable bonds is 10. The van der Waals surface area contributed by atoms with Crippen molar-refractivity contribution < 1.29 is 4.74 Å². The Morgan fingerprint density at radius 2 is 2.00 bits per heavy atom. The number of ether oxygens (including phenoxy) is 1. The fourth-order valence-electron chi connectivity index (χ4n) is 3.50. The molecule has 1 aliphatic carbocycles. The molecule has 1 saturated carbocycles. The maximum Gasteiger partial charge on any atom is 0.191 e. The molecule has 1 heterocycles. The van der Waals surface area contributed by atoms with Crippen molar-refractivity contribution in [1.82, 2.24) is 15.5 Å². The van der Waals surface area contributed by atoms with E-state index >= 15 is 0 Å². The summed E-state index contributed by atoms with van der Waals surface area (Å²) < 4.78 is 5.68. The van der Waals surface area contributed by atoms with Crippen LogP contribution in [0.3, 0.4) is 0 Å². The van der Waals surface area contributed by atoms with Crippen molar-refractivity contribution in [3.8, 4) is 0 Å². The Morgan fingerprint density at radius 1 is 1.19 bits per heavy atom. The first-order valence-corrected chi connectivity index (χ1v) is 10.2. The van der Waals surface area contributed by atoms with Crippen molar-refractivity contribution in [2.45, 2.75) is 44.7 Å². The first-order chi connectivity index (χ1) is 12.8. The van der Waals surface area contributed by atoms with Gasteiger partial charge in [-0.3, -0.25) is 9.89 Å². The van der Waals surface area contributed by atoms with E-state index in [9.17, 15) is 0 Å². The SMILES string of the molecule is CN=C(NCCCOCC1CC1)NCC1CCCN1Cc1ccccc1.I. The van der Waals surface area contributed by atoms with E-state index in [1.54, 1.807) is 0 Å². The van der Waals surface area contributed by atoms with Gasteiger partial charge in [0.15, 0.2) is 5.96 Å². The minimum absolute atomic E-state index is 0. The van der Waals surface area contributed by atoms with Crippen molar-refractivity contribution in [2.75, 3.05) is 39.9 Å². The molecular weight excluding hydrogens is 451 g/mol. The molecule has 1 aliphatic heterocycles. The predicted molar refractivity (Wildman–Crippen MR) is 123 cm³/mol. The van der Waals surface area contributed by atoms with Crippen LogP contribution in [0, 0.1) is 5.92 Å². The molecule has 0 radical (unpaired) electrons. The number of benzene rings is 1. The first-order valence-electron chi connectivity index (χ1n) is 10.2. The highest BCUT2D eigenvalue weighted by Crippen LogP contribution is 2.28. The van der Waals surface area contributed by atoms with Gasteiger partial charge in [-0.15, -0.1) is 24.0 Å². The number of aliphatic imine (C=N–C) groups is 1. The van der Waals surface area contributed by atoms with Gasteiger partial charge in [0, 0.05) is 45.9 Å². The van der Waals surface area contributed by atoms with Crippen LogP contribution in [0.2, 0.25) is 0 Å². The van der Waals surface area contributed by atoms with E-state index in [0.717, 1.165) is 51.1 Å². The number of likely N-dealkylation sites (tertiary alicyclic amines) is 1. The molecule has 3 rings (SSSR count). The van der Waals surface area contributed by atoms with Gasteiger partial charge in [0.05, 0.1) is 0 Å². The molecule has 152 valence electrons. The fourth-order valence-corrected chi connectivity index (χ4v) is 3.50. The minimum atomic E-state index is 0. The Balaban J connectivity index is 0.00000261. The van der Waals surface area contributed by atoms with E-state index in [4.69, 9.17) is 4.74 Å². The second-order valence-electron chi connectivity index (χ2n) is 7.50. The summed E-state index contributed by atoms with van der Waals surface area (Å²) in [5.74, 6) is 1.75. The van der Waals surface area contributed by atoms with E-state index in [0.29, 0.717) is 6.04 Å². The molecule has 1 aromatic rings. The van der Waals surface area contributed by atoms with Gasteiger partial charge >= 0.3 is 0 Å². The van der Waals surface area contributed by atoms with Gasteiger partial charge in [0.2, 0.25) is 0 Å². The van der Waals surface area contributed by atoms with E-state index in [1.807, 2.05) is 7.05 Å². The van der Waals surface area contributed by atoms with Gasteiger partial charge < -0.3 is 15.4 Å². The Hall–Kier alpha value is -0.860. The molecule has 0 aromatic heterocycles. The van der Waals surface area contributed by atoms with Gasteiger partial charge in [0.25, 0.3) is 0 Å². The smallest absolute Gasteiger partial charge is 0.191 e. The molecule has 1 aromatic carbocycles. The third kappa shape index (κ3) is 8.35. The predicted octanol–water partition coefficient (Wildman–Crippen LogP) is 3.25. The lowest BCUT2D eigenvalue weighted by Crippen LogP contribution is -2.45. The monoisotopic (exact) mass is 486 g/mol. The molecule has 2 fully saturated rings. The molecule has 5 nitrogen and oxygen atoms in total. The third-order valence-electron chi connectivity index (χ3n) is 5.26. The first kappa shape index (κ1) is 22.4. The summed E-state index contributed by atoms with van der Waals surface area (Å²) in [5.41, 5.74) is 1.40. The van der Waals surface area contributed by atoms with Crippen LogP contribution < -0.4 is 10.6 Å². The van der Waals surface area contributed by atoms with E-state index in [1.165, 1.54) is 37.8 Å². The van der Waals surface area contributed by atoms with Crippen LogP contribution in [-0.4, -0.2) is 56.8 Å². The highest BCUT2D eigenvalue weighted by atomic mass is 127. The molecule has 27 heavy (non-hydrogen) atoms. The van der Waals surface area contributed by atoms with Gasteiger partial charge in [-0.25, -0.2) is 0 Å². The van der Waals surface area contributed by atoms with Gasteiger partial charge in [-0.1, -0.05) is 30.3 Å². The summed E-state index contributed by atoms with van der Waals surface area (Å²) in [7, 11) is 1.84. The molecule has 0 bridgehead atoms. The molecule has 2 aliphatic rings. The standard InChI is InChI=1S/C21H34N4O.HI/c1-22-21(23-12-6-14-26-17-19-10-11-19)24-15-20-9-5-13-25(20)16-18-7-3-2-4-8-18;/h2-4,7-8,19-20H,5-6,9-17H2,1H3,(H2,22,23,24);1H. The molecule has 6 heteroatoms. The Morgan fingerprint density at radius 3 is 2.74 bits per heavy atom. The van der Waals surface area contributed by atoms with Crippen molar-refractivity contribution in [3.05, 3.63) is 35.9 Å². The molecule has 2 N–H and O–H groups in total. The summed E-state index contributed by atoms with van der Waals surface area (Å²) in [6.45, 7) is 5.87. The molecular formula is C21H35IN4O. The van der Waals surface area contributed by atoms with E-state index in [2.05, 4.69) is 50.9 Å². The topological polar surface area (TPSA) is 48.9 Å². The largest absolute Gasteiger partial charge is 0.381 e. The average Bonchev–Trinajstić information content (AvgIpc) is 3.40. The third-order valence-corrected chi connectivity index (χ3v) is 5.26. The molecule has 0 spiro atoms. The lowest BCUT2D eigenvalue weighted by molar-refractivity contribution is 0.123. The van der Waals surface area contributed by atoms with Crippen LogP contribution in [0.5, 0.6) is 0 Å². The summed E-state index contributed by atoms with van der Waals surface area (Å²) in [4.78, 5) is 6.93. The highest BCUT2D eigenvalue weighted by Gasteiger charge is 2.24. The number of hydrogen-bond donors (Lipinski definition) is 2. The average molecular weight is 486 g/mol. The quantitative estimate of drug-likeness (QED) is 0.231. The fraction of sp³-hybridized carbons (Fsp3) is 0.667. The van der Waals surface area contributed by atoms with Crippen LogP contribution in [-0.2, 0) is 11.3 Å². The van der Waals surface area contributed by atoms with Crippen LogP contribution in [0.4, 0.5) is 0 Å². The van der Waals surface area contributed by atoms with Gasteiger partial charge in [0.1, 0.15) is 0 Å². The molecule has 1 atom stereocenters. The molecule has 0 amide bonds. The second kappa shape index (κ2) is 12.6.